The second-order valence-electron chi connectivity index (χ2n) is 3.62. The third kappa shape index (κ3) is 3.14. The Kier molecular flexibility index (Phi) is 4.24. The lowest BCUT2D eigenvalue weighted by atomic mass is 10.0. The average molecular weight is 192 g/mol. The molecule has 0 bridgehead atoms. The Morgan fingerprint density at radius 1 is 1.29 bits per heavy atom. The normalized spacial score (nSPS) is 19.3. The molecule has 0 aliphatic carbocycles. The van der Waals surface area contributed by atoms with Gasteiger partial charge in [0, 0.05) is 13.3 Å². The second kappa shape index (κ2) is 4.72. The molecule has 0 heterocycles. The highest BCUT2D eigenvalue weighted by Gasteiger charge is 2.29. The Bertz CT molecular complexity index is 266. The van der Waals surface area contributed by atoms with E-state index in [4.69, 9.17) is 11.8 Å². The first-order valence-corrected chi connectivity index (χ1v) is 4.69. The van der Waals surface area contributed by atoms with E-state index >= 15 is 0 Å². The average Bonchev–Trinajstić information content (AvgIpc) is 2.25. The highest BCUT2D eigenvalue weighted by molar-refractivity contribution is 5.03. The molecule has 2 atom stereocenters. The zero-order valence-corrected chi connectivity index (χ0v) is 9.20. The molecule has 0 rings (SSSR count). The van der Waals surface area contributed by atoms with Gasteiger partial charge in [0.05, 0.1) is 6.07 Å². The fraction of sp³-hybridized carbons (Fsp3) is 0.800. The van der Waals surface area contributed by atoms with Crippen LogP contribution in [0.5, 0.6) is 0 Å². The van der Waals surface area contributed by atoms with Gasteiger partial charge in [-0.3, -0.25) is 4.85 Å². The first kappa shape index (κ1) is 12.6. The van der Waals surface area contributed by atoms with Crippen molar-refractivity contribution < 1.29 is 0 Å². The molecule has 0 aliphatic heterocycles. The lowest BCUT2D eigenvalue weighted by Crippen LogP contribution is -2.20. The van der Waals surface area contributed by atoms with Crippen LogP contribution in [0.15, 0.2) is 10.2 Å². The molecule has 0 spiro atoms. The molecule has 0 saturated carbocycles. The zero-order valence-electron chi connectivity index (χ0n) is 9.20. The van der Waals surface area contributed by atoms with E-state index in [-0.39, 0.29) is 0 Å². The third-order valence-corrected chi connectivity index (χ3v) is 2.33. The van der Waals surface area contributed by atoms with Gasteiger partial charge in [0.1, 0.15) is 0 Å². The molecule has 0 saturated heterocycles. The summed E-state index contributed by atoms with van der Waals surface area (Å²) in [6.07, 6.45) is 1.20. The van der Waals surface area contributed by atoms with Crippen LogP contribution in [0.2, 0.25) is 0 Å². The van der Waals surface area contributed by atoms with Crippen LogP contribution in [0.4, 0.5) is 0 Å². The summed E-state index contributed by atoms with van der Waals surface area (Å²) in [6.45, 7) is 14.2. The molecule has 0 aromatic carbocycles. The number of rotatable bonds is 4. The summed E-state index contributed by atoms with van der Waals surface area (Å²) in [5.74, 6) is 0. The molecular weight excluding hydrogens is 176 g/mol. The molecule has 2 unspecified atom stereocenters. The molecule has 76 valence electrons. The standard InChI is InChI=1S/C10H16N4/c1-6-9(3,8-11)13-14-10(4,7-2)12-5/h6-7H2,1-4H3. The lowest BCUT2D eigenvalue weighted by molar-refractivity contribution is 0.464. The van der Waals surface area contributed by atoms with E-state index in [9.17, 15) is 0 Å². The zero-order chi connectivity index (χ0) is 11.2. The lowest BCUT2D eigenvalue weighted by Gasteiger charge is -2.14. The highest BCUT2D eigenvalue weighted by Crippen LogP contribution is 2.21. The summed E-state index contributed by atoms with van der Waals surface area (Å²) in [6, 6.07) is 2.09. The summed E-state index contributed by atoms with van der Waals surface area (Å²) in [5.41, 5.74) is -1.60. The van der Waals surface area contributed by atoms with Crippen molar-refractivity contribution in [3.63, 3.8) is 0 Å². The van der Waals surface area contributed by atoms with E-state index in [0.29, 0.717) is 12.8 Å². The van der Waals surface area contributed by atoms with Gasteiger partial charge in [0.15, 0.2) is 5.54 Å². The Morgan fingerprint density at radius 2 is 1.86 bits per heavy atom. The maximum Gasteiger partial charge on any atom is 0.337 e. The van der Waals surface area contributed by atoms with Crippen molar-refractivity contribution in [3.05, 3.63) is 11.4 Å². The fourth-order valence-electron chi connectivity index (χ4n) is 0.562. The minimum absolute atomic E-state index is 0.602. The van der Waals surface area contributed by atoms with Crippen LogP contribution in [0.1, 0.15) is 40.5 Å². The van der Waals surface area contributed by atoms with Gasteiger partial charge < -0.3 is 0 Å². The van der Waals surface area contributed by atoms with Gasteiger partial charge in [-0.1, -0.05) is 13.8 Å². The van der Waals surface area contributed by atoms with E-state index in [2.05, 4.69) is 21.1 Å². The molecule has 0 aromatic rings. The van der Waals surface area contributed by atoms with Crippen molar-refractivity contribution >= 4 is 0 Å². The molecule has 0 aliphatic rings. The van der Waals surface area contributed by atoms with Crippen molar-refractivity contribution in [1.29, 1.82) is 5.26 Å². The summed E-state index contributed by atoms with van der Waals surface area (Å²) in [5, 5.41) is 16.8. The van der Waals surface area contributed by atoms with E-state index in [1.165, 1.54) is 0 Å². The number of nitriles is 1. The Hall–Kier alpha value is -1.42. The molecule has 4 nitrogen and oxygen atoms in total. The summed E-state index contributed by atoms with van der Waals surface area (Å²) in [4.78, 5) is 3.39. The van der Waals surface area contributed by atoms with Crippen molar-refractivity contribution in [1.82, 2.24) is 0 Å². The van der Waals surface area contributed by atoms with Crippen molar-refractivity contribution in [2.45, 2.75) is 51.7 Å². The van der Waals surface area contributed by atoms with Gasteiger partial charge >= 0.3 is 5.66 Å². The van der Waals surface area contributed by atoms with Crippen LogP contribution in [0.3, 0.4) is 0 Å². The minimum Gasteiger partial charge on any atom is -0.284 e. The first-order valence-electron chi connectivity index (χ1n) is 4.69. The predicted octanol–water partition coefficient (Wildman–Crippen LogP) is 3.18. The highest BCUT2D eigenvalue weighted by atomic mass is 15.2. The monoisotopic (exact) mass is 192 g/mol. The van der Waals surface area contributed by atoms with E-state index < -0.39 is 11.2 Å². The molecule has 0 N–H and O–H groups in total. The van der Waals surface area contributed by atoms with Crippen molar-refractivity contribution in [2.75, 3.05) is 0 Å². The topological polar surface area (TPSA) is 52.9 Å². The largest absolute Gasteiger partial charge is 0.337 e. The smallest absolute Gasteiger partial charge is 0.284 e. The van der Waals surface area contributed by atoms with E-state index in [0.717, 1.165) is 0 Å². The van der Waals surface area contributed by atoms with Gasteiger partial charge in [-0.2, -0.15) is 10.4 Å². The Morgan fingerprint density at radius 3 is 2.14 bits per heavy atom. The van der Waals surface area contributed by atoms with Crippen molar-refractivity contribution in [3.8, 4) is 6.07 Å². The molecule has 0 aromatic heterocycles. The van der Waals surface area contributed by atoms with Crippen LogP contribution in [0.25, 0.3) is 4.85 Å². The minimum atomic E-state index is -0.812. The predicted molar refractivity (Wildman–Crippen MR) is 54.5 cm³/mol. The van der Waals surface area contributed by atoms with Gasteiger partial charge in [-0.25, -0.2) is 6.57 Å². The summed E-state index contributed by atoms with van der Waals surface area (Å²) >= 11 is 0. The third-order valence-electron chi connectivity index (χ3n) is 2.33. The number of hydrogen-bond acceptors (Lipinski definition) is 3. The number of nitrogens with zero attached hydrogens (tertiary/aromatic N) is 4. The molecule has 4 heteroatoms. The van der Waals surface area contributed by atoms with Crippen LogP contribution in [0, 0.1) is 17.9 Å². The number of azo groups is 1. The van der Waals surface area contributed by atoms with Crippen LogP contribution in [-0.2, 0) is 0 Å². The van der Waals surface area contributed by atoms with Gasteiger partial charge in [-0.05, 0) is 13.3 Å². The second-order valence-corrected chi connectivity index (χ2v) is 3.62. The quantitative estimate of drug-likeness (QED) is 0.498. The Balaban J connectivity index is 4.76. The van der Waals surface area contributed by atoms with Crippen LogP contribution < -0.4 is 0 Å². The Labute approximate surface area is 85.5 Å². The van der Waals surface area contributed by atoms with Gasteiger partial charge in [0.25, 0.3) is 0 Å². The molecular formula is C10H16N4. The van der Waals surface area contributed by atoms with E-state index in [1.807, 2.05) is 13.8 Å². The fourth-order valence-corrected chi connectivity index (χ4v) is 0.562. The maximum absolute atomic E-state index is 8.85. The molecule has 0 fully saturated rings. The SMILES string of the molecule is [C-]#[N+]C(C)(CC)N=NC(C)(C#N)CC. The van der Waals surface area contributed by atoms with Crippen molar-refractivity contribution in [2.24, 2.45) is 10.2 Å². The molecule has 0 radical (unpaired) electrons. The summed E-state index contributed by atoms with van der Waals surface area (Å²) in [7, 11) is 0. The molecule has 14 heavy (non-hydrogen) atoms. The van der Waals surface area contributed by atoms with E-state index in [1.54, 1.807) is 13.8 Å². The first-order chi connectivity index (χ1) is 6.45. The maximum atomic E-state index is 8.85. The van der Waals surface area contributed by atoms with Gasteiger partial charge in [0.2, 0.25) is 0 Å². The van der Waals surface area contributed by atoms with Gasteiger partial charge in [-0.15, -0.1) is 5.11 Å². The molecule has 0 amide bonds. The summed E-state index contributed by atoms with van der Waals surface area (Å²) < 4.78 is 0. The number of hydrogen-bond donors (Lipinski definition) is 0. The van der Waals surface area contributed by atoms with Crippen LogP contribution >= 0.6 is 0 Å². The van der Waals surface area contributed by atoms with Crippen LogP contribution in [-0.4, -0.2) is 11.2 Å².